The molecular weight excluding hydrogens is 336 g/mol. The van der Waals surface area contributed by atoms with Crippen LogP contribution in [0, 0.1) is 0 Å². The molecule has 0 atom stereocenters. The van der Waals surface area contributed by atoms with Crippen LogP contribution < -0.4 is 5.43 Å². The zero-order valence-electron chi connectivity index (χ0n) is 15.6. The number of hydrazone groups is 1. The van der Waals surface area contributed by atoms with Crippen molar-refractivity contribution in [3.63, 3.8) is 0 Å². The summed E-state index contributed by atoms with van der Waals surface area (Å²) in [6.07, 6.45) is 8.58. The molecule has 0 saturated carbocycles. The van der Waals surface area contributed by atoms with Gasteiger partial charge in [-0.25, -0.2) is 5.43 Å². The lowest BCUT2D eigenvalue weighted by Crippen LogP contribution is -2.21. The van der Waals surface area contributed by atoms with E-state index >= 15 is 0 Å². The van der Waals surface area contributed by atoms with Crippen LogP contribution in [0.2, 0.25) is 0 Å². The van der Waals surface area contributed by atoms with Crippen LogP contribution in [0.25, 0.3) is 10.9 Å². The number of carbonyl (C=O) groups is 1. The lowest BCUT2D eigenvalue weighted by molar-refractivity contribution is -0.121. The summed E-state index contributed by atoms with van der Waals surface area (Å²) in [5.74, 6) is -0.0641. The first-order valence-electron chi connectivity index (χ1n) is 9.56. The summed E-state index contributed by atoms with van der Waals surface area (Å²) in [5.41, 5.74) is 8.54. The van der Waals surface area contributed by atoms with E-state index in [0.717, 1.165) is 24.1 Å². The molecule has 0 bridgehead atoms. The molecule has 0 radical (unpaired) electrons. The van der Waals surface area contributed by atoms with E-state index in [1.165, 1.54) is 35.0 Å². The van der Waals surface area contributed by atoms with Gasteiger partial charge in [0.15, 0.2) is 0 Å². The van der Waals surface area contributed by atoms with Crippen molar-refractivity contribution in [2.24, 2.45) is 5.10 Å². The lowest BCUT2D eigenvalue weighted by Gasteiger charge is -2.15. The third-order valence-electron chi connectivity index (χ3n) is 5.29. The van der Waals surface area contributed by atoms with E-state index in [1.54, 1.807) is 12.4 Å². The monoisotopic (exact) mass is 360 g/mol. The van der Waals surface area contributed by atoms with E-state index in [9.17, 15) is 4.79 Å². The number of nitrogens with zero attached hydrogens (tertiary/aromatic N) is 3. The maximum Gasteiger partial charge on any atom is 0.241 e. The van der Waals surface area contributed by atoms with Gasteiger partial charge in [0.2, 0.25) is 5.91 Å². The minimum Gasteiger partial charge on any atom is -0.344 e. The molecule has 1 aliphatic carbocycles. The third kappa shape index (κ3) is 3.63. The van der Waals surface area contributed by atoms with Gasteiger partial charge < -0.3 is 4.57 Å². The fraction of sp³-hybridized carbons (Fsp3) is 0.318. The smallest absolute Gasteiger partial charge is 0.241 e. The summed E-state index contributed by atoms with van der Waals surface area (Å²) < 4.78 is 2.34. The van der Waals surface area contributed by atoms with Crippen molar-refractivity contribution in [1.82, 2.24) is 15.0 Å². The van der Waals surface area contributed by atoms with Crippen molar-refractivity contribution in [3.05, 3.63) is 65.6 Å². The highest BCUT2D eigenvalue weighted by atomic mass is 16.2. The SMILES string of the molecule is C/C(=N\NC(=O)CCn1c2c(c3ccccc31)CCCC2)c1ccncc1. The Labute approximate surface area is 159 Å². The number of hydrogen-bond donors (Lipinski definition) is 1. The number of aromatic nitrogens is 2. The predicted molar refractivity (Wildman–Crippen MR) is 108 cm³/mol. The highest BCUT2D eigenvalue weighted by Crippen LogP contribution is 2.32. The van der Waals surface area contributed by atoms with Crippen LogP contribution >= 0.6 is 0 Å². The van der Waals surface area contributed by atoms with Gasteiger partial charge in [0.05, 0.1) is 5.71 Å². The maximum atomic E-state index is 12.3. The minimum atomic E-state index is -0.0641. The average Bonchev–Trinajstić information content (AvgIpc) is 3.05. The lowest BCUT2D eigenvalue weighted by atomic mass is 9.95. The van der Waals surface area contributed by atoms with Crippen molar-refractivity contribution in [3.8, 4) is 0 Å². The van der Waals surface area contributed by atoms with E-state index < -0.39 is 0 Å². The number of fused-ring (bicyclic) bond motifs is 3. The molecule has 27 heavy (non-hydrogen) atoms. The number of benzene rings is 1. The van der Waals surface area contributed by atoms with Gasteiger partial charge >= 0.3 is 0 Å². The molecule has 5 nitrogen and oxygen atoms in total. The summed E-state index contributed by atoms with van der Waals surface area (Å²) in [5, 5.41) is 5.57. The van der Waals surface area contributed by atoms with Gasteiger partial charge in [-0.05, 0) is 56.4 Å². The molecule has 1 aliphatic rings. The Hall–Kier alpha value is -2.95. The second-order valence-electron chi connectivity index (χ2n) is 7.02. The van der Waals surface area contributed by atoms with Crippen LogP contribution in [0.3, 0.4) is 0 Å². The molecule has 0 saturated heterocycles. The Morgan fingerprint density at radius 1 is 1.15 bits per heavy atom. The Morgan fingerprint density at radius 2 is 1.93 bits per heavy atom. The number of hydrogen-bond acceptors (Lipinski definition) is 3. The van der Waals surface area contributed by atoms with Crippen molar-refractivity contribution in [2.75, 3.05) is 0 Å². The highest BCUT2D eigenvalue weighted by Gasteiger charge is 2.19. The maximum absolute atomic E-state index is 12.3. The molecule has 0 unspecified atom stereocenters. The molecule has 1 amide bonds. The molecule has 1 N–H and O–H groups in total. The van der Waals surface area contributed by atoms with Gasteiger partial charge in [-0.15, -0.1) is 0 Å². The van der Waals surface area contributed by atoms with Crippen molar-refractivity contribution < 1.29 is 4.79 Å². The van der Waals surface area contributed by atoms with E-state index in [2.05, 4.69) is 44.3 Å². The Kier molecular flexibility index (Phi) is 5.01. The van der Waals surface area contributed by atoms with Gasteiger partial charge in [0.1, 0.15) is 0 Å². The summed E-state index contributed by atoms with van der Waals surface area (Å²) in [7, 11) is 0. The Bertz CT molecular complexity index is 988. The van der Waals surface area contributed by atoms with Gasteiger partial charge in [0, 0.05) is 47.5 Å². The number of para-hydroxylation sites is 1. The molecule has 1 aromatic carbocycles. The minimum absolute atomic E-state index is 0.0641. The molecule has 138 valence electrons. The Balaban J connectivity index is 1.47. The van der Waals surface area contributed by atoms with Gasteiger partial charge in [-0.3, -0.25) is 9.78 Å². The largest absolute Gasteiger partial charge is 0.344 e. The van der Waals surface area contributed by atoms with Crippen LogP contribution in [-0.2, 0) is 24.2 Å². The van der Waals surface area contributed by atoms with Gasteiger partial charge in [-0.1, -0.05) is 18.2 Å². The summed E-state index contributed by atoms with van der Waals surface area (Å²) in [4.78, 5) is 16.3. The summed E-state index contributed by atoms with van der Waals surface area (Å²) in [6.45, 7) is 2.57. The number of pyridine rings is 1. The van der Waals surface area contributed by atoms with E-state index in [1.807, 2.05) is 19.1 Å². The standard InChI is InChI=1S/C22H24N4O/c1-16(17-10-13-23-14-11-17)24-25-22(27)12-15-26-20-8-4-2-6-18(20)19-7-3-5-9-21(19)26/h2,4,6,8,10-11,13-14H,3,5,7,9,12,15H2,1H3,(H,25,27)/b24-16+. The van der Waals surface area contributed by atoms with Crippen molar-refractivity contribution in [1.29, 1.82) is 0 Å². The highest BCUT2D eigenvalue weighted by molar-refractivity contribution is 5.99. The molecule has 3 aromatic rings. The molecule has 0 aliphatic heterocycles. The summed E-state index contributed by atoms with van der Waals surface area (Å²) >= 11 is 0. The fourth-order valence-corrected chi connectivity index (χ4v) is 3.92. The second kappa shape index (κ2) is 7.74. The topological polar surface area (TPSA) is 59.3 Å². The number of amides is 1. The van der Waals surface area contributed by atoms with E-state index in [-0.39, 0.29) is 5.91 Å². The molecule has 0 fully saturated rings. The zero-order chi connectivity index (χ0) is 18.6. The number of aryl methyl sites for hydroxylation is 2. The van der Waals surface area contributed by atoms with E-state index in [4.69, 9.17) is 0 Å². The molecule has 2 heterocycles. The van der Waals surface area contributed by atoms with Crippen LogP contribution in [0.4, 0.5) is 0 Å². The first-order valence-corrected chi connectivity index (χ1v) is 9.56. The molecular formula is C22H24N4O. The average molecular weight is 360 g/mol. The summed E-state index contributed by atoms with van der Waals surface area (Å²) in [6, 6.07) is 12.3. The van der Waals surface area contributed by atoms with Crippen LogP contribution in [0.15, 0.2) is 53.9 Å². The van der Waals surface area contributed by atoms with Gasteiger partial charge in [0.25, 0.3) is 0 Å². The zero-order valence-corrected chi connectivity index (χ0v) is 15.6. The van der Waals surface area contributed by atoms with Crippen molar-refractivity contribution in [2.45, 2.75) is 45.6 Å². The molecule has 4 rings (SSSR count). The normalized spacial score (nSPS) is 14.2. The first-order chi connectivity index (χ1) is 13.2. The molecule has 2 aromatic heterocycles. The number of nitrogens with one attached hydrogen (secondary N) is 1. The van der Waals surface area contributed by atoms with Crippen molar-refractivity contribution >= 4 is 22.5 Å². The number of rotatable bonds is 5. The predicted octanol–water partition coefficient (Wildman–Crippen LogP) is 3.85. The van der Waals surface area contributed by atoms with Crippen LogP contribution in [0.1, 0.15) is 43.0 Å². The number of carbonyl (C=O) groups excluding carboxylic acids is 1. The molecule has 0 spiro atoms. The fourth-order valence-electron chi connectivity index (χ4n) is 3.92. The van der Waals surface area contributed by atoms with Crippen LogP contribution in [-0.4, -0.2) is 21.2 Å². The third-order valence-corrected chi connectivity index (χ3v) is 5.29. The second-order valence-corrected chi connectivity index (χ2v) is 7.02. The Morgan fingerprint density at radius 3 is 2.78 bits per heavy atom. The quantitative estimate of drug-likeness (QED) is 0.555. The van der Waals surface area contributed by atoms with Crippen LogP contribution in [0.5, 0.6) is 0 Å². The van der Waals surface area contributed by atoms with Gasteiger partial charge in [-0.2, -0.15) is 5.10 Å². The van der Waals surface area contributed by atoms with E-state index in [0.29, 0.717) is 13.0 Å². The first kappa shape index (κ1) is 17.5. The molecule has 5 heteroatoms.